The highest BCUT2D eigenvalue weighted by atomic mass is 35.5. The zero-order valence-corrected chi connectivity index (χ0v) is 17.4. The number of piperidine rings is 1. The average molecular weight is 442 g/mol. The largest absolute Gasteiger partial charge is 0.495 e. The summed E-state index contributed by atoms with van der Waals surface area (Å²) in [5, 5.41) is 0.378. The van der Waals surface area contributed by atoms with E-state index in [-0.39, 0.29) is 28.8 Å². The van der Waals surface area contributed by atoms with Crippen molar-refractivity contribution in [2.24, 2.45) is 0 Å². The van der Waals surface area contributed by atoms with Crippen LogP contribution >= 0.6 is 11.6 Å². The van der Waals surface area contributed by atoms with Gasteiger partial charge >= 0.3 is 12.0 Å². The van der Waals surface area contributed by atoms with Gasteiger partial charge in [-0.3, -0.25) is 0 Å². The fourth-order valence-corrected chi connectivity index (χ4v) is 4.78. The Hall–Kier alpha value is -2.43. The predicted octanol–water partition coefficient (Wildman–Crippen LogP) is 2.16. The SMILES string of the molecule is COC(=O)c1ccc(OC)c(S(=O)(=O)N2CCCC(Oc3ncc(Cl)cn3)C2)c1. The molecule has 0 radical (unpaired) electrons. The van der Waals surface area contributed by atoms with Crippen molar-refractivity contribution in [3.8, 4) is 11.8 Å². The van der Waals surface area contributed by atoms with E-state index in [9.17, 15) is 13.2 Å². The number of carbonyl (C=O) groups is 1. The van der Waals surface area contributed by atoms with Gasteiger partial charge in [-0.2, -0.15) is 4.31 Å². The molecule has 1 aliphatic heterocycles. The summed E-state index contributed by atoms with van der Waals surface area (Å²) in [6.07, 6.45) is 3.64. The molecule has 0 aliphatic carbocycles. The number of benzene rings is 1. The van der Waals surface area contributed by atoms with E-state index in [1.54, 1.807) is 0 Å². The zero-order valence-electron chi connectivity index (χ0n) is 15.9. The predicted molar refractivity (Wildman–Crippen MR) is 104 cm³/mol. The average Bonchev–Trinajstić information content (AvgIpc) is 2.74. The number of methoxy groups -OCH3 is 2. The van der Waals surface area contributed by atoms with Gasteiger partial charge in [0.15, 0.2) is 0 Å². The smallest absolute Gasteiger partial charge is 0.337 e. The number of nitrogens with zero attached hydrogens (tertiary/aromatic N) is 3. The molecule has 1 saturated heterocycles. The van der Waals surface area contributed by atoms with Crippen LogP contribution in [0.25, 0.3) is 0 Å². The van der Waals surface area contributed by atoms with Gasteiger partial charge < -0.3 is 14.2 Å². The number of esters is 1. The highest BCUT2D eigenvalue weighted by Gasteiger charge is 2.34. The number of carbonyl (C=O) groups excluding carboxylic acids is 1. The van der Waals surface area contributed by atoms with Crippen molar-refractivity contribution in [1.29, 1.82) is 0 Å². The second-order valence-electron chi connectivity index (χ2n) is 6.29. The van der Waals surface area contributed by atoms with E-state index in [4.69, 9.17) is 21.1 Å². The van der Waals surface area contributed by atoms with Crippen LogP contribution in [0.3, 0.4) is 0 Å². The minimum atomic E-state index is -3.94. The Balaban J connectivity index is 1.84. The van der Waals surface area contributed by atoms with Crippen LogP contribution in [0, 0.1) is 0 Å². The third-order valence-corrected chi connectivity index (χ3v) is 6.49. The first kappa shape index (κ1) is 21.3. The van der Waals surface area contributed by atoms with Crippen LogP contribution in [-0.2, 0) is 14.8 Å². The molecule has 0 saturated carbocycles. The summed E-state index contributed by atoms with van der Waals surface area (Å²) in [5.74, 6) is -0.495. The van der Waals surface area contributed by atoms with Gasteiger partial charge in [-0.05, 0) is 31.0 Å². The van der Waals surface area contributed by atoms with Gasteiger partial charge in [-0.25, -0.2) is 23.2 Å². The van der Waals surface area contributed by atoms with Crippen LogP contribution in [0.15, 0.2) is 35.5 Å². The minimum Gasteiger partial charge on any atom is -0.495 e. The van der Waals surface area contributed by atoms with Crippen molar-refractivity contribution in [2.75, 3.05) is 27.3 Å². The van der Waals surface area contributed by atoms with Gasteiger partial charge in [0.1, 0.15) is 16.7 Å². The van der Waals surface area contributed by atoms with Crippen LogP contribution in [0.1, 0.15) is 23.2 Å². The van der Waals surface area contributed by atoms with Crippen LogP contribution in [0.5, 0.6) is 11.8 Å². The number of hydrogen-bond donors (Lipinski definition) is 0. The van der Waals surface area contributed by atoms with Gasteiger partial charge in [0.25, 0.3) is 0 Å². The second kappa shape index (κ2) is 8.93. The fraction of sp³-hybridized carbons (Fsp3) is 0.389. The first-order valence-corrected chi connectivity index (χ1v) is 10.6. The lowest BCUT2D eigenvalue weighted by molar-refractivity contribution is 0.0600. The van der Waals surface area contributed by atoms with E-state index in [1.165, 1.54) is 49.1 Å². The van der Waals surface area contributed by atoms with E-state index in [1.807, 2.05) is 0 Å². The van der Waals surface area contributed by atoms with E-state index in [0.717, 1.165) is 0 Å². The van der Waals surface area contributed by atoms with Crippen LogP contribution in [-0.4, -0.2) is 62.1 Å². The summed E-state index contributed by atoms with van der Waals surface area (Å²) >= 11 is 5.77. The van der Waals surface area contributed by atoms with Crippen LogP contribution in [0.4, 0.5) is 0 Å². The second-order valence-corrected chi connectivity index (χ2v) is 8.63. The van der Waals surface area contributed by atoms with Crippen LogP contribution in [0.2, 0.25) is 5.02 Å². The molecule has 0 N–H and O–H groups in total. The molecule has 11 heteroatoms. The summed E-state index contributed by atoms with van der Waals surface area (Å²) in [4.78, 5) is 19.7. The molecule has 0 spiro atoms. The van der Waals surface area contributed by atoms with Gasteiger partial charge in [0.05, 0.1) is 43.7 Å². The van der Waals surface area contributed by atoms with Gasteiger partial charge in [0.2, 0.25) is 10.0 Å². The monoisotopic (exact) mass is 441 g/mol. The summed E-state index contributed by atoms with van der Waals surface area (Å²) in [6, 6.07) is 4.26. The van der Waals surface area contributed by atoms with E-state index in [0.29, 0.717) is 24.4 Å². The molecular weight excluding hydrogens is 422 g/mol. The Morgan fingerprint density at radius 3 is 2.62 bits per heavy atom. The summed E-state index contributed by atoms with van der Waals surface area (Å²) in [5.41, 5.74) is 0.117. The molecule has 2 aromatic rings. The van der Waals surface area contributed by atoms with Crippen molar-refractivity contribution in [3.63, 3.8) is 0 Å². The Labute approximate surface area is 173 Å². The summed E-state index contributed by atoms with van der Waals surface area (Å²) < 4.78 is 43.4. The topological polar surface area (TPSA) is 108 Å². The molecule has 1 aromatic heterocycles. The number of ether oxygens (including phenoxy) is 3. The van der Waals surface area contributed by atoms with Crippen molar-refractivity contribution >= 4 is 27.6 Å². The lowest BCUT2D eigenvalue weighted by Crippen LogP contribution is -2.44. The quantitative estimate of drug-likeness (QED) is 0.627. The first-order chi connectivity index (χ1) is 13.8. The molecule has 9 nitrogen and oxygen atoms in total. The minimum absolute atomic E-state index is 0.105. The first-order valence-electron chi connectivity index (χ1n) is 8.76. The number of halogens is 1. The highest BCUT2D eigenvalue weighted by Crippen LogP contribution is 2.30. The normalized spacial score (nSPS) is 17.6. The maximum Gasteiger partial charge on any atom is 0.337 e. The molecule has 0 bridgehead atoms. The molecule has 156 valence electrons. The lowest BCUT2D eigenvalue weighted by atomic mass is 10.1. The van der Waals surface area contributed by atoms with Crippen molar-refractivity contribution in [3.05, 3.63) is 41.2 Å². The maximum absolute atomic E-state index is 13.3. The third-order valence-electron chi connectivity index (χ3n) is 4.41. The zero-order chi connectivity index (χ0) is 21.0. The molecule has 1 aliphatic rings. The Kier molecular flexibility index (Phi) is 6.56. The molecule has 1 aromatic carbocycles. The van der Waals surface area contributed by atoms with Crippen LogP contribution < -0.4 is 9.47 Å². The number of rotatable bonds is 6. The van der Waals surface area contributed by atoms with Crippen molar-refractivity contribution in [1.82, 2.24) is 14.3 Å². The summed E-state index contributed by atoms with van der Waals surface area (Å²) in [7, 11) is -1.35. The number of hydrogen-bond acceptors (Lipinski definition) is 8. The van der Waals surface area contributed by atoms with Gasteiger partial charge in [-0.1, -0.05) is 11.6 Å². The maximum atomic E-state index is 13.3. The molecule has 3 rings (SSSR count). The van der Waals surface area contributed by atoms with Crippen molar-refractivity contribution in [2.45, 2.75) is 23.8 Å². The molecule has 29 heavy (non-hydrogen) atoms. The third kappa shape index (κ3) is 4.77. The van der Waals surface area contributed by atoms with Crippen molar-refractivity contribution < 1.29 is 27.4 Å². The standard InChI is InChI=1S/C18H20ClN3O6S/c1-26-15-6-5-12(17(23)27-2)8-16(15)29(24,25)22-7-3-4-14(11-22)28-18-20-9-13(19)10-21-18/h5-6,8-10,14H,3-4,7,11H2,1-2H3. The summed E-state index contributed by atoms with van der Waals surface area (Å²) in [6.45, 7) is 0.426. The molecule has 1 unspecified atom stereocenters. The Bertz CT molecular complexity index is 984. The Morgan fingerprint density at radius 1 is 1.24 bits per heavy atom. The molecule has 2 heterocycles. The van der Waals surface area contributed by atoms with Gasteiger partial charge in [0, 0.05) is 6.54 Å². The van der Waals surface area contributed by atoms with E-state index in [2.05, 4.69) is 14.7 Å². The van der Waals surface area contributed by atoms with Gasteiger partial charge in [-0.15, -0.1) is 0 Å². The lowest BCUT2D eigenvalue weighted by Gasteiger charge is -2.31. The molecule has 1 fully saturated rings. The molecule has 1 atom stereocenters. The fourth-order valence-electron chi connectivity index (χ4n) is 2.99. The number of sulfonamides is 1. The van der Waals surface area contributed by atoms with E-state index >= 15 is 0 Å². The molecular formula is C18H20ClN3O6S. The highest BCUT2D eigenvalue weighted by molar-refractivity contribution is 7.89. The Morgan fingerprint density at radius 2 is 1.97 bits per heavy atom. The van der Waals surface area contributed by atoms with E-state index < -0.39 is 22.1 Å². The number of aromatic nitrogens is 2. The molecule has 0 amide bonds.